The molecule has 0 spiro atoms. The second-order valence-corrected chi connectivity index (χ2v) is 4.49. The lowest BCUT2D eigenvalue weighted by atomic mass is 10.1. The predicted octanol–water partition coefficient (Wildman–Crippen LogP) is 1.06. The van der Waals surface area contributed by atoms with Gasteiger partial charge in [-0.05, 0) is 30.9 Å². The first-order valence-electron chi connectivity index (χ1n) is 4.84. The van der Waals surface area contributed by atoms with Crippen LogP contribution in [-0.2, 0) is 11.3 Å². The molecule has 0 saturated heterocycles. The summed E-state index contributed by atoms with van der Waals surface area (Å²) in [5.41, 5.74) is 6.49. The Morgan fingerprint density at radius 3 is 2.94 bits per heavy atom. The Labute approximate surface area is 98.0 Å². The van der Waals surface area contributed by atoms with Crippen molar-refractivity contribution >= 4 is 23.1 Å². The first-order valence-corrected chi connectivity index (χ1v) is 5.72. The van der Waals surface area contributed by atoms with Crippen LogP contribution in [0.15, 0.2) is 16.6 Å². The number of hydrogen-bond acceptors (Lipinski definition) is 4. The van der Waals surface area contributed by atoms with Gasteiger partial charge < -0.3 is 16.3 Å². The van der Waals surface area contributed by atoms with Crippen molar-refractivity contribution < 1.29 is 10.0 Å². The molecule has 5 nitrogen and oxygen atoms in total. The van der Waals surface area contributed by atoms with Gasteiger partial charge in [0.1, 0.15) is 0 Å². The van der Waals surface area contributed by atoms with Crippen molar-refractivity contribution in [3.8, 4) is 0 Å². The van der Waals surface area contributed by atoms with Crippen molar-refractivity contribution in [2.75, 3.05) is 0 Å². The molecule has 0 aliphatic carbocycles. The van der Waals surface area contributed by atoms with Crippen LogP contribution in [0.2, 0.25) is 0 Å². The minimum absolute atomic E-state index is 0.0830. The zero-order chi connectivity index (χ0) is 12.1. The van der Waals surface area contributed by atoms with Crippen LogP contribution in [0.3, 0.4) is 0 Å². The number of hydrogen-bond donors (Lipinski definition) is 3. The van der Waals surface area contributed by atoms with E-state index in [0.717, 1.165) is 10.4 Å². The number of amidine groups is 1. The molecule has 88 valence electrons. The van der Waals surface area contributed by atoms with Crippen LogP contribution in [0.25, 0.3) is 0 Å². The van der Waals surface area contributed by atoms with Crippen molar-refractivity contribution in [2.45, 2.75) is 20.4 Å². The van der Waals surface area contributed by atoms with Gasteiger partial charge in [-0.15, -0.1) is 11.3 Å². The van der Waals surface area contributed by atoms with Crippen molar-refractivity contribution in [3.63, 3.8) is 0 Å². The summed E-state index contributed by atoms with van der Waals surface area (Å²) in [4.78, 5) is 12.7. The molecule has 1 unspecified atom stereocenters. The third kappa shape index (κ3) is 2.96. The molecule has 16 heavy (non-hydrogen) atoms. The second-order valence-electron chi connectivity index (χ2n) is 3.49. The zero-order valence-corrected chi connectivity index (χ0v) is 10.0. The van der Waals surface area contributed by atoms with E-state index in [0.29, 0.717) is 6.54 Å². The van der Waals surface area contributed by atoms with Gasteiger partial charge in [0.2, 0.25) is 5.91 Å². The van der Waals surface area contributed by atoms with Crippen LogP contribution in [0.5, 0.6) is 0 Å². The summed E-state index contributed by atoms with van der Waals surface area (Å²) in [5, 5.41) is 16.0. The molecule has 0 aromatic carbocycles. The molecule has 4 N–H and O–H groups in total. The van der Waals surface area contributed by atoms with E-state index in [9.17, 15) is 4.79 Å². The lowest BCUT2D eigenvalue weighted by Gasteiger charge is -2.10. The lowest BCUT2D eigenvalue weighted by molar-refractivity contribution is -0.122. The Kier molecular flexibility index (Phi) is 4.30. The molecule has 0 saturated carbocycles. The van der Waals surface area contributed by atoms with Gasteiger partial charge in [-0.3, -0.25) is 4.79 Å². The molecule has 1 aromatic rings. The Balaban J connectivity index is 2.51. The molecule has 6 heteroatoms. The zero-order valence-electron chi connectivity index (χ0n) is 9.23. The van der Waals surface area contributed by atoms with Crippen LogP contribution < -0.4 is 11.1 Å². The molecule has 0 fully saturated rings. The summed E-state index contributed by atoms with van der Waals surface area (Å²) in [5.74, 6) is -0.950. The summed E-state index contributed by atoms with van der Waals surface area (Å²) in [6.45, 7) is 4.06. The van der Waals surface area contributed by atoms with E-state index in [1.54, 1.807) is 18.3 Å². The minimum atomic E-state index is -0.620. The first kappa shape index (κ1) is 12.5. The van der Waals surface area contributed by atoms with Gasteiger partial charge in [0.05, 0.1) is 12.5 Å². The minimum Gasteiger partial charge on any atom is -0.409 e. The highest BCUT2D eigenvalue weighted by Crippen LogP contribution is 2.14. The molecule has 0 bridgehead atoms. The smallest absolute Gasteiger partial charge is 0.230 e. The van der Waals surface area contributed by atoms with Gasteiger partial charge in [-0.25, -0.2) is 0 Å². The number of rotatable bonds is 4. The number of nitrogens with one attached hydrogen (secondary N) is 1. The van der Waals surface area contributed by atoms with E-state index in [1.807, 2.05) is 18.4 Å². The summed E-state index contributed by atoms with van der Waals surface area (Å²) in [7, 11) is 0. The average molecular weight is 241 g/mol. The monoisotopic (exact) mass is 241 g/mol. The molecule has 0 radical (unpaired) electrons. The van der Waals surface area contributed by atoms with E-state index in [-0.39, 0.29) is 11.7 Å². The molecule has 0 aliphatic rings. The fourth-order valence-corrected chi connectivity index (χ4v) is 1.97. The Bertz CT molecular complexity index is 401. The summed E-state index contributed by atoms with van der Waals surface area (Å²) < 4.78 is 0. The fraction of sp³-hybridized carbons (Fsp3) is 0.400. The summed E-state index contributed by atoms with van der Waals surface area (Å²) in [6, 6.07) is 2.00. The van der Waals surface area contributed by atoms with Crippen LogP contribution in [-0.4, -0.2) is 17.0 Å². The third-order valence-corrected chi connectivity index (χ3v) is 3.37. The van der Waals surface area contributed by atoms with Gasteiger partial charge in [-0.2, -0.15) is 0 Å². The van der Waals surface area contributed by atoms with Crippen molar-refractivity contribution in [3.05, 3.63) is 21.9 Å². The van der Waals surface area contributed by atoms with Gasteiger partial charge in [0, 0.05) is 4.88 Å². The van der Waals surface area contributed by atoms with Crippen molar-refractivity contribution in [1.82, 2.24) is 5.32 Å². The van der Waals surface area contributed by atoms with Crippen LogP contribution in [0, 0.1) is 12.8 Å². The maximum Gasteiger partial charge on any atom is 0.230 e. The standard InChI is InChI=1S/C10H15N3O2S/c1-6-3-4-16-8(6)5-12-10(14)7(2)9(11)13-15/h3-4,7,15H,5H2,1-2H3,(H2,11,13)(H,12,14). The number of carbonyl (C=O) groups is 1. The summed E-state index contributed by atoms with van der Waals surface area (Å²) in [6.07, 6.45) is 0. The maximum absolute atomic E-state index is 11.6. The van der Waals surface area contributed by atoms with Crippen molar-refractivity contribution in [1.29, 1.82) is 0 Å². The number of oxime groups is 1. The quantitative estimate of drug-likeness (QED) is 0.319. The topological polar surface area (TPSA) is 87.7 Å². The Hall–Kier alpha value is -1.56. The molecule has 1 heterocycles. The lowest BCUT2D eigenvalue weighted by Crippen LogP contribution is -2.36. The van der Waals surface area contributed by atoms with E-state index in [1.165, 1.54) is 0 Å². The molecule has 0 aliphatic heterocycles. The second kappa shape index (κ2) is 5.50. The predicted molar refractivity (Wildman–Crippen MR) is 63.5 cm³/mol. The highest BCUT2D eigenvalue weighted by molar-refractivity contribution is 7.10. The van der Waals surface area contributed by atoms with Crippen LogP contribution in [0.4, 0.5) is 0 Å². The van der Waals surface area contributed by atoms with E-state index >= 15 is 0 Å². The number of nitrogens with zero attached hydrogens (tertiary/aromatic N) is 1. The van der Waals surface area contributed by atoms with Crippen LogP contribution >= 0.6 is 11.3 Å². The number of nitrogens with two attached hydrogens (primary N) is 1. The van der Waals surface area contributed by atoms with E-state index < -0.39 is 5.92 Å². The molecule has 1 atom stereocenters. The third-order valence-electron chi connectivity index (χ3n) is 2.34. The highest BCUT2D eigenvalue weighted by atomic mass is 32.1. The van der Waals surface area contributed by atoms with Gasteiger partial charge >= 0.3 is 0 Å². The number of carbonyl (C=O) groups excluding carboxylic acids is 1. The molecular weight excluding hydrogens is 226 g/mol. The number of aryl methyl sites for hydroxylation is 1. The molecular formula is C10H15N3O2S. The largest absolute Gasteiger partial charge is 0.409 e. The molecule has 1 aromatic heterocycles. The SMILES string of the molecule is Cc1ccsc1CNC(=O)C(C)C(N)=NO. The molecule has 1 rings (SSSR count). The van der Waals surface area contributed by atoms with Crippen LogP contribution in [0.1, 0.15) is 17.4 Å². The summed E-state index contributed by atoms with van der Waals surface area (Å²) >= 11 is 1.59. The van der Waals surface area contributed by atoms with Gasteiger partial charge in [0.25, 0.3) is 0 Å². The van der Waals surface area contributed by atoms with Crippen molar-refractivity contribution in [2.24, 2.45) is 16.8 Å². The normalized spacial score (nSPS) is 13.5. The maximum atomic E-state index is 11.6. The Morgan fingerprint density at radius 1 is 1.75 bits per heavy atom. The number of amides is 1. The average Bonchev–Trinajstić information content (AvgIpc) is 2.69. The first-order chi connectivity index (χ1) is 7.56. The highest BCUT2D eigenvalue weighted by Gasteiger charge is 2.17. The van der Waals surface area contributed by atoms with Gasteiger partial charge in [0.15, 0.2) is 5.84 Å². The fourth-order valence-electron chi connectivity index (χ4n) is 1.13. The van der Waals surface area contributed by atoms with E-state index in [2.05, 4.69) is 10.5 Å². The van der Waals surface area contributed by atoms with E-state index in [4.69, 9.17) is 10.9 Å². The van der Waals surface area contributed by atoms with Gasteiger partial charge in [-0.1, -0.05) is 5.16 Å². The Morgan fingerprint density at radius 2 is 2.44 bits per heavy atom. The molecule has 1 amide bonds. The number of thiophene rings is 1.